The van der Waals surface area contributed by atoms with Crippen LogP contribution in [0.4, 0.5) is 10.2 Å². The van der Waals surface area contributed by atoms with Gasteiger partial charge in [-0.15, -0.1) is 0 Å². The molecule has 0 aliphatic heterocycles. The number of hydrazine groups is 1. The van der Waals surface area contributed by atoms with Crippen LogP contribution >= 0.6 is 0 Å². The molecule has 0 fully saturated rings. The van der Waals surface area contributed by atoms with Crippen molar-refractivity contribution in [2.45, 2.75) is 6.92 Å². The van der Waals surface area contributed by atoms with Crippen LogP contribution in [-0.4, -0.2) is 24.2 Å². The number of methoxy groups -OCH3 is 2. The van der Waals surface area contributed by atoms with Crippen LogP contribution in [0.5, 0.6) is 11.5 Å². The van der Waals surface area contributed by atoms with Gasteiger partial charge in [-0.2, -0.15) is 0 Å². The SMILES string of the molecule is COc1ccc(-c2nc(C)c(F)c(NN)n2)c(OC)c1. The Labute approximate surface area is 115 Å². The Morgan fingerprint density at radius 1 is 1.20 bits per heavy atom. The average molecular weight is 278 g/mol. The first-order valence-corrected chi connectivity index (χ1v) is 5.83. The van der Waals surface area contributed by atoms with Crippen molar-refractivity contribution in [1.82, 2.24) is 9.97 Å². The molecule has 0 saturated carbocycles. The number of nitrogen functional groups attached to an aromatic ring is 1. The van der Waals surface area contributed by atoms with Gasteiger partial charge >= 0.3 is 0 Å². The van der Waals surface area contributed by atoms with Crippen LogP contribution in [0.3, 0.4) is 0 Å². The normalized spacial score (nSPS) is 10.2. The summed E-state index contributed by atoms with van der Waals surface area (Å²) in [6, 6.07) is 5.19. The lowest BCUT2D eigenvalue weighted by Crippen LogP contribution is -2.13. The zero-order chi connectivity index (χ0) is 14.7. The molecule has 1 aromatic heterocycles. The summed E-state index contributed by atoms with van der Waals surface area (Å²) in [5.41, 5.74) is 3.03. The highest BCUT2D eigenvalue weighted by Crippen LogP contribution is 2.32. The number of ether oxygens (including phenoxy) is 2. The molecule has 2 rings (SSSR count). The summed E-state index contributed by atoms with van der Waals surface area (Å²) >= 11 is 0. The van der Waals surface area contributed by atoms with E-state index in [4.69, 9.17) is 15.3 Å². The highest BCUT2D eigenvalue weighted by atomic mass is 19.1. The Kier molecular flexibility index (Phi) is 3.99. The maximum Gasteiger partial charge on any atom is 0.187 e. The quantitative estimate of drug-likeness (QED) is 0.656. The van der Waals surface area contributed by atoms with Gasteiger partial charge in [0.2, 0.25) is 0 Å². The lowest BCUT2D eigenvalue weighted by Gasteiger charge is -2.11. The van der Waals surface area contributed by atoms with Crippen LogP contribution in [-0.2, 0) is 0 Å². The summed E-state index contributed by atoms with van der Waals surface area (Å²) in [6.07, 6.45) is 0. The second-order valence-electron chi connectivity index (χ2n) is 4.01. The zero-order valence-electron chi connectivity index (χ0n) is 11.4. The van der Waals surface area contributed by atoms with Gasteiger partial charge in [-0.1, -0.05) is 0 Å². The van der Waals surface area contributed by atoms with Crippen molar-refractivity contribution in [1.29, 1.82) is 0 Å². The van der Waals surface area contributed by atoms with Gasteiger partial charge in [-0.3, -0.25) is 0 Å². The number of aromatic nitrogens is 2. The molecule has 0 radical (unpaired) electrons. The first-order chi connectivity index (χ1) is 9.60. The maximum atomic E-state index is 13.7. The summed E-state index contributed by atoms with van der Waals surface area (Å²) in [4.78, 5) is 8.16. The molecule has 3 N–H and O–H groups in total. The minimum Gasteiger partial charge on any atom is -0.497 e. The molecular formula is C13H15FN4O2. The molecule has 0 atom stereocenters. The largest absolute Gasteiger partial charge is 0.497 e. The van der Waals surface area contributed by atoms with Gasteiger partial charge in [0.1, 0.15) is 11.5 Å². The van der Waals surface area contributed by atoms with E-state index in [0.717, 1.165) is 0 Å². The number of anilines is 1. The molecule has 0 saturated heterocycles. The van der Waals surface area contributed by atoms with Crippen molar-refractivity contribution >= 4 is 5.82 Å². The molecule has 1 heterocycles. The fraction of sp³-hybridized carbons (Fsp3) is 0.231. The zero-order valence-corrected chi connectivity index (χ0v) is 11.4. The average Bonchev–Trinajstić information content (AvgIpc) is 2.49. The summed E-state index contributed by atoms with van der Waals surface area (Å²) in [6.45, 7) is 1.54. The molecule has 0 bridgehead atoms. The van der Waals surface area contributed by atoms with Crippen molar-refractivity contribution in [3.8, 4) is 22.9 Å². The van der Waals surface area contributed by atoms with Crippen LogP contribution in [0.25, 0.3) is 11.4 Å². The van der Waals surface area contributed by atoms with Gasteiger partial charge in [0, 0.05) is 6.07 Å². The Morgan fingerprint density at radius 2 is 1.95 bits per heavy atom. The number of nitrogens with two attached hydrogens (primary N) is 1. The number of nitrogens with one attached hydrogen (secondary N) is 1. The van der Waals surface area contributed by atoms with Gasteiger partial charge in [0.05, 0.1) is 25.5 Å². The van der Waals surface area contributed by atoms with E-state index in [-0.39, 0.29) is 11.5 Å². The van der Waals surface area contributed by atoms with E-state index in [2.05, 4.69) is 15.4 Å². The van der Waals surface area contributed by atoms with Crippen LogP contribution in [0.1, 0.15) is 5.69 Å². The van der Waals surface area contributed by atoms with Crippen molar-refractivity contribution in [2.24, 2.45) is 5.84 Å². The molecule has 0 unspecified atom stereocenters. The van der Waals surface area contributed by atoms with E-state index in [1.54, 1.807) is 25.3 Å². The van der Waals surface area contributed by atoms with E-state index in [0.29, 0.717) is 22.9 Å². The van der Waals surface area contributed by atoms with Crippen molar-refractivity contribution in [2.75, 3.05) is 19.6 Å². The van der Waals surface area contributed by atoms with Gasteiger partial charge in [-0.05, 0) is 19.1 Å². The maximum absolute atomic E-state index is 13.7. The number of halogens is 1. The minimum atomic E-state index is -0.580. The molecule has 6 nitrogen and oxygen atoms in total. The number of hydrogen-bond acceptors (Lipinski definition) is 6. The number of rotatable bonds is 4. The summed E-state index contributed by atoms with van der Waals surface area (Å²) in [5, 5.41) is 0. The van der Waals surface area contributed by atoms with Crippen molar-refractivity contribution in [3.63, 3.8) is 0 Å². The fourth-order valence-electron chi connectivity index (χ4n) is 1.76. The summed E-state index contributed by atoms with van der Waals surface area (Å²) in [5.74, 6) is 6.09. The Bertz CT molecular complexity index is 634. The fourth-order valence-corrected chi connectivity index (χ4v) is 1.76. The third-order valence-corrected chi connectivity index (χ3v) is 2.80. The summed E-state index contributed by atoms with van der Waals surface area (Å²) < 4.78 is 24.1. The van der Waals surface area contributed by atoms with Gasteiger partial charge in [-0.25, -0.2) is 20.2 Å². The van der Waals surface area contributed by atoms with Gasteiger partial charge in [0.15, 0.2) is 17.5 Å². The highest BCUT2D eigenvalue weighted by molar-refractivity contribution is 5.67. The molecule has 106 valence electrons. The lowest BCUT2D eigenvalue weighted by molar-refractivity contribution is 0.395. The van der Waals surface area contributed by atoms with Crippen LogP contribution in [0, 0.1) is 12.7 Å². The molecule has 20 heavy (non-hydrogen) atoms. The predicted molar refractivity (Wildman–Crippen MR) is 73.1 cm³/mol. The molecule has 1 aromatic carbocycles. The monoisotopic (exact) mass is 278 g/mol. The smallest absolute Gasteiger partial charge is 0.187 e. The molecule has 7 heteroatoms. The lowest BCUT2D eigenvalue weighted by atomic mass is 10.1. The topological polar surface area (TPSA) is 82.3 Å². The van der Waals surface area contributed by atoms with Gasteiger partial charge in [0.25, 0.3) is 0 Å². The van der Waals surface area contributed by atoms with E-state index in [9.17, 15) is 4.39 Å². The highest BCUT2D eigenvalue weighted by Gasteiger charge is 2.15. The third kappa shape index (κ3) is 2.48. The second kappa shape index (κ2) is 5.70. The van der Waals surface area contributed by atoms with Crippen molar-refractivity contribution < 1.29 is 13.9 Å². The van der Waals surface area contributed by atoms with Crippen molar-refractivity contribution in [3.05, 3.63) is 29.7 Å². The molecule has 0 amide bonds. The molecular weight excluding hydrogens is 263 g/mol. The van der Waals surface area contributed by atoms with Crippen LogP contribution in [0.2, 0.25) is 0 Å². The number of aryl methyl sites for hydroxylation is 1. The predicted octanol–water partition coefficient (Wildman–Crippen LogP) is 1.89. The van der Waals surface area contributed by atoms with Crippen LogP contribution in [0.15, 0.2) is 18.2 Å². The summed E-state index contributed by atoms with van der Waals surface area (Å²) in [7, 11) is 3.08. The van der Waals surface area contributed by atoms with E-state index in [1.165, 1.54) is 14.0 Å². The molecule has 0 spiro atoms. The second-order valence-corrected chi connectivity index (χ2v) is 4.01. The first kappa shape index (κ1) is 14.0. The Hall–Kier alpha value is -2.41. The van der Waals surface area contributed by atoms with E-state index >= 15 is 0 Å². The molecule has 0 aliphatic rings. The van der Waals surface area contributed by atoms with Gasteiger partial charge < -0.3 is 14.9 Å². The minimum absolute atomic E-state index is 0.0645. The molecule has 0 aliphatic carbocycles. The Morgan fingerprint density at radius 3 is 2.55 bits per heavy atom. The Balaban J connectivity index is 2.59. The molecule has 2 aromatic rings. The first-order valence-electron chi connectivity index (χ1n) is 5.83. The van der Waals surface area contributed by atoms with E-state index < -0.39 is 5.82 Å². The number of nitrogens with zero attached hydrogens (tertiary/aromatic N) is 2. The number of hydrogen-bond donors (Lipinski definition) is 2. The van der Waals surface area contributed by atoms with E-state index in [1.807, 2.05) is 0 Å². The third-order valence-electron chi connectivity index (χ3n) is 2.80. The van der Waals surface area contributed by atoms with Crippen LogP contribution < -0.4 is 20.7 Å². The number of benzene rings is 1. The standard InChI is InChI=1S/C13H15FN4O2/c1-7-11(14)13(18-15)17-12(16-7)9-5-4-8(19-2)6-10(9)20-3/h4-6H,15H2,1-3H3,(H,16,17,18).